The number of aryl methyl sites for hydroxylation is 1. The van der Waals surface area contributed by atoms with Crippen LogP contribution in [0.3, 0.4) is 0 Å². The van der Waals surface area contributed by atoms with Gasteiger partial charge in [-0.3, -0.25) is 4.68 Å². The van der Waals surface area contributed by atoms with Crippen LogP contribution in [-0.4, -0.2) is 28.3 Å². The number of hydrogen-bond donors (Lipinski definition) is 0. The van der Waals surface area contributed by atoms with Crippen molar-refractivity contribution in [3.8, 4) is 0 Å². The van der Waals surface area contributed by atoms with Crippen LogP contribution in [0.25, 0.3) is 0 Å². The quantitative estimate of drug-likeness (QED) is 0.771. The van der Waals surface area contributed by atoms with Crippen LogP contribution in [0.2, 0.25) is 0 Å². The second-order valence-corrected chi connectivity index (χ2v) is 4.13. The summed E-state index contributed by atoms with van der Waals surface area (Å²) >= 11 is 0. The number of hydrogen-bond acceptors (Lipinski definition) is 3. The average molecular weight is 230 g/mol. The molecule has 0 N–H and O–H groups in total. The molecule has 15 heavy (non-hydrogen) atoms. The van der Waals surface area contributed by atoms with Crippen LogP contribution in [-0.2, 0) is 16.0 Å². The zero-order valence-corrected chi connectivity index (χ0v) is 10.4. The highest BCUT2D eigenvalue weighted by molar-refractivity contribution is 7.59. The predicted molar refractivity (Wildman–Crippen MR) is 62.2 cm³/mol. The number of nitrogens with zero attached hydrogens (tertiary/aromatic N) is 2. The lowest BCUT2D eigenvalue weighted by molar-refractivity contribution is -0.139. The fraction of sp³-hybridized carbons (Fsp3) is 0.700. The smallest absolute Gasteiger partial charge is 0.163 e. The van der Waals surface area contributed by atoms with Crippen molar-refractivity contribution in [3.63, 3.8) is 0 Å². The van der Waals surface area contributed by atoms with Crippen LogP contribution in [0, 0.1) is 6.92 Å². The molecule has 1 aliphatic rings. The summed E-state index contributed by atoms with van der Waals surface area (Å²) in [7, 11) is 0. The maximum Gasteiger partial charge on any atom is 0.163 e. The Hall–Kier alpha value is -0.520. The maximum atomic E-state index is 5.68. The Labute approximate surface area is 97.0 Å². The molecule has 1 saturated heterocycles. The van der Waals surface area contributed by atoms with Crippen molar-refractivity contribution in [3.05, 3.63) is 18.0 Å². The summed E-state index contributed by atoms with van der Waals surface area (Å²) < 4.78 is 13.0. The minimum absolute atomic E-state index is 0. The summed E-state index contributed by atoms with van der Waals surface area (Å²) in [5.74, 6) is -0.438. The Morgan fingerprint density at radius 2 is 2.33 bits per heavy atom. The van der Waals surface area contributed by atoms with E-state index in [4.69, 9.17) is 9.47 Å². The van der Waals surface area contributed by atoms with Gasteiger partial charge in [-0.15, -0.1) is 0 Å². The molecule has 1 atom stereocenters. The molecule has 86 valence electrons. The van der Waals surface area contributed by atoms with Gasteiger partial charge in [-0.25, -0.2) is 0 Å². The summed E-state index contributed by atoms with van der Waals surface area (Å²) in [6, 6.07) is 1.99. The van der Waals surface area contributed by atoms with Gasteiger partial charge in [0.1, 0.15) is 6.10 Å². The molecular formula is C10H18N2O2S. The fourth-order valence-electron chi connectivity index (χ4n) is 1.63. The fourth-order valence-corrected chi connectivity index (χ4v) is 1.63. The Bertz CT molecular complexity index is 325. The van der Waals surface area contributed by atoms with Crippen molar-refractivity contribution < 1.29 is 9.47 Å². The Morgan fingerprint density at radius 1 is 1.60 bits per heavy atom. The third-order valence-electron chi connectivity index (χ3n) is 2.23. The third kappa shape index (κ3) is 3.22. The normalized spacial score (nSPS) is 23.8. The zero-order valence-electron chi connectivity index (χ0n) is 9.36. The number of ether oxygens (including phenoxy) is 2. The number of rotatable bonds is 2. The molecule has 1 aromatic heterocycles. The first-order valence-electron chi connectivity index (χ1n) is 4.87. The molecule has 0 aliphatic carbocycles. The Balaban J connectivity index is 0.00000112. The van der Waals surface area contributed by atoms with Crippen LogP contribution in [0.1, 0.15) is 19.5 Å². The van der Waals surface area contributed by atoms with Gasteiger partial charge in [0, 0.05) is 6.20 Å². The topological polar surface area (TPSA) is 36.3 Å². The molecule has 0 saturated carbocycles. The molecule has 2 rings (SSSR count). The van der Waals surface area contributed by atoms with E-state index in [1.807, 2.05) is 37.7 Å². The van der Waals surface area contributed by atoms with Gasteiger partial charge in [0.15, 0.2) is 5.79 Å². The summed E-state index contributed by atoms with van der Waals surface area (Å²) in [6.45, 7) is 7.25. The molecule has 0 aromatic carbocycles. The molecule has 0 unspecified atom stereocenters. The van der Waals surface area contributed by atoms with Gasteiger partial charge in [-0.2, -0.15) is 18.6 Å². The molecule has 0 amide bonds. The molecule has 5 heteroatoms. The first kappa shape index (κ1) is 12.5. The first-order valence-corrected chi connectivity index (χ1v) is 4.87. The van der Waals surface area contributed by atoms with Crippen molar-refractivity contribution >= 4 is 13.5 Å². The van der Waals surface area contributed by atoms with E-state index < -0.39 is 5.79 Å². The van der Waals surface area contributed by atoms with E-state index in [2.05, 4.69) is 5.10 Å². The van der Waals surface area contributed by atoms with Crippen LogP contribution in [0.15, 0.2) is 12.3 Å². The van der Waals surface area contributed by atoms with Crippen molar-refractivity contribution in [2.45, 2.75) is 39.2 Å². The molecule has 0 radical (unpaired) electrons. The maximum absolute atomic E-state index is 5.68. The first-order chi connectivity index (χ1) is 6.55. The van der Waals surface area contributed by atoms with E-state index in [0.717, 1.165) is 12.2 Å². The van der Waals surface area contributed by atoms with Crippen LogP contribution >= 0.6 is 13.5 Å². The molecule has 2 heterocycles. The molecule has 0 bridgehead atoms. The largest absolute Gasteiger partial charge is 0.348 e. The van der Waals surface area contributed by atoms with Gasteiger partial charge in [0.25, 0.3) is 0 Å². The van der Waals surface area contributed by atoms with E-state index in [1.165, 1.54) is 0 Å². The van der Waals surface area contributed by atoms with E-state index >= 15 is 0 Å². The molecule has 0 spiro atoms. The van der Waals surface area contributed by atoms with E-state index in [0.29, 0.717) is 6.61 Å². The second-order valence-electron chi connectivity index (χ2n) is 4.13. The van der Waals surface area contributed by atoms with Gasteiger partial charge in [0.2, 0.25) is 0 Å². The summed E-state index contributed by atoms with van der Waals surface area (Å²) in [5, 5.41) is 4.30. The van der Waals surface area contributed by atoms with Crippen molar-refractivity contribution in [1.82, 2.24) is 9.78 Å². The van der Waals surface area contributed by atoms with Crippen LogP contribution in [0.5, 0.6) is 0 Å². The van der Waals surface area contributed by atoms with Gasteiger partial charge in [-0.1, -0.05) is 0 Å². The highest BCUT2D eigenvalue weighted by atomic mass is 32.1. The average Bonchev–Trinajstić information content (AvgIpc) is 2.59. The zero-order chi connectivity index (χ0) is 10.2. The predicted octanol–water partition coefficient (Wildman–Crippen LogP) is 1.46. The van der Waals surface area contributed by atoms with Gasteiger partial charge in [0.05, 0.1) is 18.8 Å². The minimum Gasteiger partial charge on any atom is -0.348 e. The van der Waals surface area contributed by atoms with E-state index in [-0.39, 0.29) is 19.6 Å². The molecule has 1 fully saturated rings. The van der Waals surface area contributed by atoms with Gasteiger partial charge >= 0.3 is 0 Å². The molecule has 1 aromatic rings. The van der Waals surface area contributed by atoms with Crippen LogP contribution in [0.4, 0.5) is 0 Å². The van der Waals surface area contributed by atoms with E-state index in [1.54, 1.807) is 0 Å². The van der Waals surface area contributed by atoms with Gasteiger partial charge in [-0.05, 0) is 26.8 Å². The summed E-state index contributed by atoms with van der Waals surface area (Å²) in [4.78, 5) is 0. The van der Waals surface area contributed by atoms with Gasteiger partial charge < -0.3 is 9.47 Å². The van der Waals surface area contributed by atoms with Crippen molar-refractivity contribution in [1.29, 1.82) is 0 Å². The second kappa shape index (κ2) is 4.55. The molecule has 1 aliphatic heterocycles. The summed E-state index contributed by atoms with van der Waals surface area (Å²) in [6.07, 6.45) is 2.08. The Kier molecular flexibility index (Phi) is 3.81. The monoisotopic (exact) mass is 230 g/mol. The van der Waals surface area contributed by atoms with E-state index in [9.17, 15) is 0 Å². The standard InChI is InChI=1S/C10H16N2O2.H2S/c1-8-4-5-12(11-8)6-9-7-13-10(2,3)14-9;/h4-5,9H,6-7H2,1-3H3;1H2/t9-;/m0./s1. The molecule has 4 nitrogen and oxygen atoms in total. The summed E-state index contributed by atoms with van der Waals surface area (Å²) in [5.41, 5.74) is 1.03. The Morgan fingerprint density at radius 3 is 2.80 bits per heavy atom. The SMILES string of the molecule is Cc1ccn(C[C@H]2COC(C)(C)O2)n1.S. The highest BCUT2D eigenvalue weighted by Crippen LogP contribution is 2.22. The highest BCUT2D eigenvalue weighted by Gasteiger charge is 2.32. The van der Waals surface area contributed by atoms with Crippen LogP contribution < -0.4 is 0 Å². The molecular weight excluding hydrogens is 212 g/mol. The number of aromatic nitrogens is 2. The lowest BCUT2D eigenvalue weighted by Crippen LogP contribution is -2.24. The lowest BCUT2D eigenvalue weighted by Gasteiger charge is -2.16. The third-order valence-corrected chi connectivity index (χ3v) is 2.23. The van der Waals surface area contributed by atoms with Crippen molar-refractivity contribution in [2.75, 3.05) is 6.61 Å². The van der Waals surface area contributed by atoms with Crippen molar-refractivity contribution in [2.24, 2.45) is 0 Å². The lowest BCUT2D eigenvalue weighted by atomic mass is 10.4. The minimum atomic E-state index is -0.438.